The van der Waals surface area contributed by atoms with E-state index in [4.69, 9.17) is 9.84 Å². The molecule has 0 rings (SSSR count). The van der Waals surface area contributed by atoms with Gasteiger partial charge in [-0.05, 0) is 19.8 Å². The van der Waals surface area contributed by atoms with Crippen molar-refractivity contribution >= 4 is 5.97 Å². The first kappa shape index (κ1) is 14.4. The van der Waals surface area contributed by atoms with E-state index in [0.717, 1.165) is 12.8 Å². The summed E-state index contributed by atoms with van der Waals surface area (Å²) in [4.78, 5) is 11.0. The molecule has 0 amide bonds. The Bertz CT molecular complexity index is 179. The van der Waals surface area contributed by atoms with E-state index < -0.39 is 18.2 Å². The van der Waals surface area contributed by atoms with Gasteiger partial charge >= 0.3 is 5.97 Å². The molecule has 0 aromatic carbocycles. The quantitative estimate of drug-likeness (QED) is 0.628. The molecule has 0 saturated carbocycles. The molecule has 0 aromatic rings. The third-order valence-electron chi connectivity index (χ3n) is 2.43. The molecule has 0 aliphatic carbocycles. The van der Waals surface area contributed by atoms with Crippen LogP contribution in [0.15, 0.2) is 0 Å². The maximum absolute atomic E-state index is 11.0. The number of aliphatic hydroxyl groups is 2. The first-order valence-corrected chi connectivity index (χ1v) is 5.55. The highest BCUT2D eigenvalue weighted by molar-refractivity contribution is 5.73. The molecule has 0 aliphatic heterocycles. The lowest BCUT2D eigenvalue weighted by Crippen LogP contribution is -2.28. The number of hydrogen-bond acceptors (Lipinski definition) is 4. The van der Waals surface area contributed by atoms with Crippen molar-refractivity contribution < 1.29 is 19.7 Å². The lowest BCUT2D eigenvalue weighted by Gasteiger charge is -2.21. The fourth-order valence-corrected chi connectivity index (χ4v) is 1.34. The Morgan fingerprint density at radius 1 is 1.33 bits per heavy atom. The molecule has 0 fully saturated rings. The average Bonchev–Trinajstić information content (AvgIpc) is 2.18. The number of ether oxygens (including phenoxy) is 1. The second-order valence-corrected chi connectivity index (χ2v) is 3.83. The van der Waals surface area contributed by atoms with Gasteiger partial charge in [0, 0.05) is 5.92 Å². The molecule has 2 N–H and O–H groups in total. The van der Waals surface area contributed by atoms with Crippen LogP contribution in [0.3, 0.4) is 0 Å². The van der Waals surface area contributed by atoms with Gasteiger partial charge in [-0.1, -0.05) is 20.3 Å². The molecule has 0 radical (unpaired) electrons. The number of esters is 1. The minimum absolute atomic E-state index is 0.0346. The van der Waals surface area contributed by atoms with Crippen molar-refractivity contribution in [3.05, 3.63) is 0 Å². The van der Waals surface area contributed by atoms with Gasteiger partial charge in [-0.2, -0.15) is 0 Å². The van der Waals surface area contributed by atoms with E-state index in [1.807, 2.05) is 13.8 Å². The summed E-state index contributed by atoms with van der Waals surface area (Å²) >= 11 is 0. The predicted molar refractivity (Wildman–Crippen MR) is 57.3 cm³/mol. The molecular formula is C11H22O4. The largest absolute Gasteiger partial charge is 0.463 e. The predicted octanol–water partition coefficient (Wildman–Crippen LogP) is 1.10. The van der Waals surface area contributed by atoms with Crippen molar-refractivity contribution in [3.63, 3.8) is 0 Å². The van der Waals surface area contributed by atoms with E-state index in [1.165, 1.54) is 6.92 Å². The summed E-state index contributed by atoms with van der Waals surface area (Å²) in [5.41, 5.74) is 0. The molecule has 3 unspecified atom stereocenters. The van der Waals surface area contributed by atoms with Crippen LogP contribution in [-0.4, -0.2) is 35.0 Å². The zero-order valence-corrected chi connectivity index (χ0v) is 9.77. The third kappa shape index (κ3) is 5.74. The van der Waals surface area contributed by atoms with Gasteiger partial charge in [0.15, 0.2) is 0 Å². The first-order chi connectivity index (χ1) is 7.02. The molecule has 3 atom stereocenters. The van der Waals surface area contributed by atoms with Gasteiger partial charge in [-0.15, -0.1) is 0 Å². The van der Waals surface area contributed by atoms with Crippen LogP contribution in [0.5, 0.6) is 0 Å². The molecule has 0 spiro atoms. The second-order valence-electron chi connectivity index (χ2n) is 3.83. The van der Waals surface area contributed by atoms with Crippen LogP contribution in [0, 0.1) is 5.92 Å². The Morgan fingerprint density at radius 2 is 1.93 bits per heavy atom. The zero-order valence-electron chi connectivity index (χ0n) is 9.77. The maximum atomic E-state index is 11.0. The maximum Gasteiger partial charge on any atom is 0.334 e. The van der Waals surface area contributed by atoms with Gasteiger partial charge in [0.1, 0.15) is 6.10 Å². The van der Waals surface area contributed by atoms with Crippen molar-refractivity contribution in [2.45, 2.75) is 52.2 Å². The fourth-order valence-electron chi connectivity index (χ4n) is 1.34. The van der Waals surface area contributed by atoms with Crippen LogP contribution < -0.4 is 0 Å². The number of carbonyl (C=O) groups is 1. The average molecular weight is 218 g/mol. The Morgan fingerprint density at radius 3 is 2.33 bits per heavy atom. The van der Waals surface area contributed by atoms with Gasteiger partial charge in [0.25, 0.3) is 0 Å². The summed E-state index contributed by atoms with van der Waals surface area (Å²) in [7, 11) is 0. The molecule has 0 saturated heterocycles. The molecular weight excluding hydrogens is 196 g/mol. The van der Waals surface area contributed by atoms with Crippen LogP contribution >= 0.6 is 0 Å². The van der Waals surface area contributed by atoms with E-state index in [-0.39, 0.29) is 12.5 Å². The summed E-state index contributed by atoms with van der Waals surface area (Å²) < 4.78 is 4.88. The highest BCUT2D eigenvalue weighted by Crippen LogP contribution is 2.14. The SMILES string of the molecule is CCCC(O)C(CC)COC(=O)C(C)O. The summed E-state index contributed by atoms with van der Waals surface area (Å²) in [6.07, 6.45) is 0.855. The number of carbonyl (C=O) groups excluding carboxylic acids is 1. The monoisotopic (exact) mass is 218 g/mol. The van der Waals surface area contributed by atoms with Crippen molar-refractivity contribution in [3.8, 4) is 0 Å². The van der Waals surface area contributed by atoms with Gasteiger partial charge in [-0.3, -0.25) is 0 Å². The highest BCUT2D eigenvalue weighted by atomic mass is 16.5. The number of hydrogen-bond donors (Lipinski definition) is 2. The highest BCUT2D eigenvalue weighted by Gasteiger charge is 2.19. The molecule has 0 aliphatic rings. The Kier molecular flexibility index (Phi) is 7.34. The number of aliphatic hydroxyl groups excluding tert-OH is 2. The third-order valence-corrected chi connectivity index (χ3v) is 2.43. The standard InChI is InChI=1S/C11H22O4/c1-4-6-10(13)9(5-2)7-15-11(14)8(3)12/h8-10,12-13H,4-7H2,1-3H3. The minimum Gasteiger partial charge on any atom is -0.463 e. The zero-order chi connectivity index (χ0) is 11.8. The summed E-state index contributed by atoms with van der Waals surface area (Å²) in [5.74, 6) is -0.662. The van der Waals surface area contributed by atoms with Gasteiger partial charge in [-0.25, -0.2) is 4.79 Å². The normalized spacial score (nSPS) is 16.9. The van der Waals surface area contributed by atoms with E-state index >= 15 is 0 Å². The minimum atomic E-state index is -1.09. The topological polar surface area (TPSA) is 66.8 Å². The first-order valence-electron chi connectivity index (χ1n) is 5.55. The summed E-state index contributed by atoms with van der Waals surface area (Å²) in [6, 6.07) is 0. The van der Waals surface area contributed by atoms with Crippen LogP contribution in [0.25, 0.3) is 0 Å². The van der Waals surface area contributed by atoms with Crippen LogP contribution in [0.2, 0.25) is 0 Å². The second kappa shape index (κ2) is 7.65. The smallest absolute Gasteiger partial charge is 0.334 e. The van der Waals surface area contributed by atoms with E-state index in [2.05, 4.69) is 0 Å². The van der Waals surface area contributed by atoms with Crippen molar-refractivity contribution in [2.24, 2.45) is 5.92 Å². The Hall–Kier alpha value is -0.610. The lowest BCUT2D eigenvalue weighted by atomic mass is 9.97. The van der Waals surface area contributed by atoms with Crippen molar-refractivity contribution in [1.82, 2.24) is 0 Å². The van der Waals surface area contributed by atoms with Crippen molar-refractivity contribution in [2.75, 3.05) is 6.61 Å². The summed E-state index contributed by atoms with van der Waals surface area (Å²) in [6.45, 7) is 5.49. The van der Waals surface area contributed by atoms with E-state index in [1.54, 1.807) is 0 Å². The van der Waals surface area contributed by atoms with Gasteiger partial charge < -0.3 is 14.9 Å². The molecule has 4 nitrogen and oxygen atoms in total. The molecule has 0 aromatic heterocycles. The van der Waals surface area contributed by atoms with Crippen LogP contribution in [-0.2, 0) is 9.53 Å². The fraction of sp³-hybridized carbons (Fsp3) is 0.909. The van der Waals surface area contributed by atoms with E-state index in [9.17, 15) is 9.90 Å². The van der Waals surface area contributed by atoms with E-state index in [0.29, 0.717) is 6.42 Å². The van der Waals surface area contributed by atoms with Crippen LogP contribution in [0.4, 0.5) is 0 Å². The molecule has 4 heteroatoms. The Balaban J connectivity index is 3.94. The van der Waals surface area contributed by atoms with Crippen molar-refractivity contribution in [1.29, 1.82) is 0 Å². The molecule has 0 heterocycles. The van der Waals surface area contributed by atoms with Crippen LogP contribution in [0.1, 0.15) is 40.0 Å². The van der Waals surface area contributed by atoms with Gasteiger partial charge in [0.05, 0.1) is 12.7 Å². The molecule has 15 heavy (non-hydrogen) atoms. The molecule has 90 valence electrons. The lowest BCUT2D eigenvalue weighted by molar-refractivity contribution is -0.155. The summed E-state index contributed by atoms with van der Waals surface area (Å²) in [5, 5.41) is 18.6. The Labute approximate surface area is 91.3 Å². The molecule has 0 bridgehead atoms. The van der Waals surface area contributed by atoms with Gasteiger partial charge in [0.2, 0.25) is 0 Å². The number of rotatable bonds is 7.